The van der Waals surface area contributed by atoms with Gasteiger partial charge in [-0.3, -0.25) is 4.79 Å². The number of rotatable bonds is 2. The molecule has 21 heavy (non-hydrogen) atoms. The summed E-state index contributed by atoms with van der Waals surface area (Å²) in [5.74, 6) is -0.528. The molecule has 0 fully saturated rings. The van der Waals surface area contributed by atoms with Crippen LogP contribution in [0.4, 0.5) is 0 Å². The first-order valence-electron chi connectivity index (χ1n) is 6.30. The number of aromatic carboxylic acids is 1. The number of methoxy groups -OCH3 is 1. The topological polar surface area (TPSA) is 76.7 Å². The number of carboxylic acids is 1. The molecule has 3 aromatic rings. The van der Waals surface area contributed by atoms with Crippen LogP contribution >= 0.6 is 0 Å². The summed E-state index contributed by atoms with van der Waals surface area (Å²) in [5, 5.41) is 9.64. The average molecular weight is 284 g/mol. The highest BCUT2D eigenvalue weighted by atomic mass is 16.5. The van der Waals surface area contributed by atoms with Crippen molar-refractivity contribution in [1.82, 2.24) is 0 Å². The van der Waals surface area contributed by atoms with Gasteiger partial charge in [-0.1, -0.05) is 0 Å². The van der Waals surface area contributed by atoms with E-state index in [0.29, 0.717) is 22.3 Å². The van der Waals surface area contributed by atoms with E-state index in [1.807, 2.05) is 6.92 Å². The number of benzene rings is 2. The second kappa shape index (κ2) is 4.63. The number of aryl methyl sites for hydroxylation is 1. The standard InChI is InChI=1S/C16H12O5/c1-8-5-10(20-2)7-12-14(17)11-6-9(16(18)19)3-4-13(11)21-15(8)12/h3-7H,1-2H3,(H,18,19). The maximum Gasteiger partial charge on any atom is 0.335 e. The zero-order valence-electron chi connectivity index (χ0n) is 11.5. The molecule has 1 aromatic heterocycles. The molecule has 5 heteroatoms. The highest BCUT2D eigenvalue weighted by Gasteiger charge is 2.13. The van der Waals surface area contributed by atoms with Crippen LogP contribution in [0.5, 0.6) is 5.75 Å². The molecular formula is C16H12O5. The highest BCUT2D eigenvalue weighted by molar-refractivity contribution is 5.96. The molecule has 106 valence electrons. The molecule has 0 unspecified atom stereocenters. The Morgan fingerprint density at radius 3 is 2.62 bits per heavy atom. The van der Waals surface area contributed by atoms with Crippen molar-refractivity contribution in [1.29, 1.82) is 0 Å². The Labute approximate surface area is 119 Å². The summed E-state index contributed by atoms with van der Waals surface area (Å²) in [6.07, 6.45) is 0. The molecule has 3 rings (SSSR count). The second-order valence-electron chi connectivity index (χ2n) is 4.77. The molecule has 2 aromatic carbocycles. The van der Waals surface area contributed by atoms with Crippen molar-refractivity contribution < 1.29 is 19.1 Å². The van der Waals surface area contributed by atoms with E-state index in [0.717, 1.165) is 5.56 Å². The van der Waals surface area contributed by atoms with Crippen LogP contribution in [-0.4, -0.2) is 18.2 Å². The molecule has 0 spiro atoms. The lowest BCUT2D eigenvalue weighted by atomic mass is 10.1. The molecule has 0 aliphatic rings. The van der Waals surface area contributed by atoms with Crippen molar-refractivity contribution in [3.05, 3.63) is 51.7 Å². The summed E-state index contributed by atoms with van der Waals surface area (Å²) in [4.78, 5) is 23.6. The van der Waals surface area contributed by atoms with Crippen LogP contribution in [0.2, 0.25) is 0 Å². The predicted octanol–water partition coefficient (Wildman–Crippen LogP) is 2.96. The smallest absolute Gasteiger partial charge is 0.335 e. The van der Waals surface area contributed by atoms with Crippen LogP contribution in [0.25, 0.3) is 21.9 Å². The van der Waals surface area contributed by atoms with Crippen LogP contribution < -0.4 is 10.2 Å². The zero-order valence-corrected chi connectivity index (χ0v) is 11.5. The van der Waals surface area contributed by atoms with E-state index in [2.05, 4.69) is 0 Å². The van der Waals surface area contributed by atoms with Crippen molar-refractivity contribution in [3.8, 4) is 5.75 Å². The number of carbonyl (C=O) groups is 1. The van der Waals surface area contributed by atoms with E-state index in [1.54, 1.807) is 12.1 Å². The molecule has 0 radical (unpaired) electrons. The van der Waals surface area contributed by atoms with Gasteiger partial charge in [0.2, 0.25) is 5.43 Å². The van der Waals surface area contributed by atoms with Crippen LogP contribution in [0.15, 0.2) is 39.5 Å². The number of hydrogen-bond acceptors (Lipinski definition) is 4. The van der Waals surface area contributed by atoms with Gasteiger partial charge in [0.15, 0.2) is 0 Å². The van der Waals surface area contributed by atoms with Gasteiger partial charge in [0, 0.05) is 0 Å². The van der Waals surface area contributed by atoms with Crippen LogP contribution in [0.1, 0.15) is 15.9 Å². The molecule has 5 nitrogen and oxygen atoms in total. The minimum Gasteiger partial charge on any atom is -0.497 e. The monoisotopic (exact) mass is 284 g/mol. The Morgan fingerprint density at radius 2 is 1.95 bits per heavy atom. The third-order valence-electron chi connectivity index (χ3n) is 3.41. The fourth-order valence-corrected chi connectivity index (χ4v) is 2.35. The van der Waals surface area contributed by atoms with E-state index in [4.69, 9.17) is 14.3 Å². The molecule has 0 saturated heterocycles. The number of ether oxygens (including phenoxy) is 1. The summed E-state index contributed by atoms with van der Waals surface area (Å²) in [6, 6.07) is 7.63. The van der Waals surface area contributed by atoms with Gasteiger partial charge in [-0.25, -0.2) is 4.79 Å². The average Bonchev–Trinajstić information content (AvgIpc) is 2.48. The van der Waals surface area contributed by atoms with Gasteiger partial charge >= 0.3 is 5.97 Å². The summed E-state index contributed by atoms with van der Waals surface area (Å²) in [5.41, 5.74) is 1.41. The lowest BCUT2D eigenvalue weighted by Gasteiger charge is -2.07. The van der Waals surface area contributed by atoms with E-state index >= 15 is 0 Å². The minimum atomic E-state index is -1.08. The fourth-order valence-electron chi connectivity index (χ4n) is 2.35. The number of carboxylic acid groups (broad SMARTS) is 1. The van der Waals surface area contributed by atoms with Gasteiger partial charge in [-0.15, -0.1) is 0 Å². The van der Waals surface area contributed by atoms with Gasteiger partial charge in [0.25, 0.3) is 0 Å². The Morgan fingerprint density at radius 1 is 1.19 bits per heavy atom. The van der Waals surface area contributed by atoms with E-state index in [1.165, 1.54) is 25.3 Å². The summed E-state index contributed by atoms with van der Waals surface area (Å²) >= 11 is 0. The molecule has 0 atom stereocenters. The SMILES string of the molecule is COc1cc(C)c2oc3ccc(C(=O)O)cc3c(=O)c2c1. The Balaban J connectivity index is 2.47. The van der Waals surface area contributed by atoms with E-state index in [9.17, 15) is 9.59 Å². The summed E-state index contributed by atoms with van der Waals surface area (Å²) in [7, 11) is 1.52. The predicted molar refractivity (Wildman–Crippen MR) is 78.2 cm³/mol. The highest BCUT2D eigenvalue weighted by Crippen LogP contribution is 2.26. The molecular weight excluding hydrogens is 272 g/mol. The lowest BCUT2D eigenvalue weighted by molar-refractivity contribution is 0.0697. The molecule has 1 N–H and O–H groups in total. The first-order valence-corrected chi connectivity index (χ1v) is 6.30. The Hall–Kier alpha value is -2.82. The van der Waals surface area contributed by atoms with Gasteiger partial charge < -0.3 is 14.3 Å². The maximum absolute atomic E-state index is 12.6. The van der Waals surface area contributed by atoms with E-state index < -0.39 is 5.97 Å². The molecule has 0 aliphatic heterocycles. The lowest BCUT2D eigenvalue weighted by Crippen LogP contribution is -2.05. The van der Waals surface area contributed by atoms with Crippen molar-refractivity contribution in [2.24, 2.45) is 0 Å². The zero-order chi connectivity index (χ0) is 15.1. The first-order chi connectivity index (χ1) is 10.0. The van der Waals surface area contributed by atoms with Crippen molar-refractivity contribution in [2.75, 3.05) is 7.11 Å². The van der Waals surface area contributed by atoms with Crippen LogP contribution in [0, 0.1) is 6.92 Å². The number of hydrogen-bond donors (Lipinski definition) is 1. The largest absolute Gasteiger partial charge is 0.497 e. The summed E-state index contributed by atoms with van der Waals surface area (Å²) in [6.45, 7) is 1.82. The first kappa shape index (κ1) is 13.2. The van der Waals surface area contributed by atoms with Crippen LogP contribution in [0.3, 0.4) is 0 Å². The van der Waals surface area contributed by atoms with Gasteiger partial charge in [0.1, 0.15) is 16.9 Å². The van der Waals surface area contributed by atoms with Gasteiger partial charge in [0.05, 0.1) is 23.4 Å². The Bertz CT molecular complexity index is 937. The quantitative estimate of drug-likeness (QED) is 0.732. The molecule has 0 saturated carbocycles. The molecule has 0 bridgehead atoms. The van der Waals surface area contributed by atoms with Crippen molar-refractivity contribution >= 4 is 27.9 Å². The van der Waals surface area contributed by atoms with E-state index in [-0.39, 0.29) is 16.4 Å². The van der Waals surface area contributed by atoms with Crippen molar-refractivity contribution in [3.63, 3.8) is 0 Å². The van der Waals surface area contributed by atoms with Crippen LogP contribution in [-0.2, 0) is 0 Å². The van der Waals surface area contributed by atoms with Gasteiger partial charge in [-0.05, 0) is 42.8 Å². The minimum absolute atomic E-state index is 0.0498. The normalized spacial score (nSPS) is 11.0. The molecule has 1 heterocycles. The molecule has 0 aliphatic carbocycles. The Kier molecular flexibility index (Phi) is 2.90. The fraction of sp³-hybridized carbons (Fsp3) is 0.125. The maximum atomic E-state index is 12.6. The third kappa shape index (κ3) is 2.03. The number of fused-ring (bicyclic) bond motifs is 2. The molecule has 0 amide bonds. The second-order valence-corrected chi connectivity index (χ2v) is 4.77. The summed E-state index contributed by atoms with van der Waals surface area (Å²) < 4.78 is 10.9. The van der Waals surface area contributed by atoms with Crippen molar-refractivity contribution in [2.45, 2.75) is 6.92 Å². The third-order valence-corrected chi connectivity index (χ3v) is 3.41. The van der Waals surface area contributed by atoms with Gasteiger partial charge in [-0.2, -0.15) is 0 Å².